The maximum absolute atomic E-state index is 14.1. The molecule has 204 valence electrons. The third kappa shape index (κ3) is 8.14. The van der Waals surface area contributed by atoms with E-state index in [4.69, 9.17) is 0 Å². The number of aliphatic imine (C=N–C) groups is 1. The van der Waals surface area contributed by atoms with E-state index >= 15 is 0 Å². The van der Waals surface area contributed by atoms with Crippen molar-refractivity contribution in [3.63, 3.8) is 0 Å². The molecule has 2 atom stereocenters. The molecule has 0 unspecified atom stereocenters. The molecule has 1 aliphatic heterocycles. The number of aliphatic hydroxyl groups excluding tert-OH is 1. The number of benzene rings is 1. The molecule has 0 aliphatic carbocycles. The number of amides is 1. The Bertz CT molecular complexity index is 1150. The topological polar surface area (TPSA) is 99.9 Å². The fraction of sp³-hybridized carbons (Fsp3) is 0.407. The average molecular weight is 532 g/mol. The number of β-amino-alcohol motifs (C(OH)–C–C–N with tert-alkyl or cyclic N) is 1. The van der Waals surface area contributed by atoms with Gasteiger partial charge in [-0.05, 0) is 36.3 Å². The first kappa shape index (κ1) is 28.8. The molecule has 0 spiro atoms. The van der Waals surface area contributed by atoms with Gasteiger partial charge in [-0.3, -0.25) is 14.8 Å². The quantitative estimate of drug-likeness (QED) is 0.313. The predicted molar refractivity (Wildman–Crippen MR) is 140 cm³/mol. The fourth-order valence-corrected chi connectivity index (χ4v) is 3.77. The van der Waals surface area contributed by atoms with Crippen LogP contribution in [0.3, 0.4) is 0 Å². The first-order valence-electron chi connectivity index (χ1n) is 12.4. The molecule has 1 amide bonds. The van der Waals surface area contributed by atoms with Crippen LogP contribution in [0.25, 0.3) is 5.57 Å². The minimum absolute atomic E-state index is 0.00540. The lowest BCUT2D eigenvalue weighted by Gasteiger charge is -2.21. The van der Waals surface area contributed by atoms with Crippen molar-refractivity contribution in [1.29, 1.82) is 0 Å². The number of nitrogens with zero attached hydrogens (tertiary/aromatic N) is 4. The lowest BCUT2D eigenvalue weighted by molar-refractivity contribution is -0.177. The largest absolute Gasteiger partial charge is 0.433 e. The van der Waals surface area contributed by atoms with Crippen molar-refractivity contribution in [3.05, 3.63) is 66.9 Å². The summed E-state index contributed by atoms with van der Waals surface area (Å²) in [5.74, 6) is 0.00882. The Hall–Kier alpha value is -3.73. The Balaban J connectivity index is 1.75. The van der Waals surface area contributed by atoms with E-state index in [1.54, 1.807) is 11.1 Å². The highest BCUT2D eigenvalue weighted by Gasteiger charge is 2.34. The zero-order valence-electron chi connectivity index (χ0n) is 21.4. The van der Waals surface area contributed by atoms with Crippen LogP contribution in [0.1, 0.15) is 45.2 Å². The summed E-state index contributed by atoms with van der Waals surface area (Å²) >= 11 is 0. The van der Waals surface area contributed by atoms with Gasteiger partial charge in [0, 0.05) is 49.2 Å². The van der Waals surface area contributed by atoms with Crippen molar-refractivity contribution in [3.8, 4) is 5.75 Å². The third-order valence-electron chi connectivity index (χ3n) is 5.81. The first-order chi connectivity index (χ1) is 18.1. The summed E-state index contributed by atoms with van der Waals surface area (Å²) in [6.07, 6.45) is 1.16. The van der Waals surface area contributed by atoms with Crippen molar-refractivity contribution in [2.24, 2.45) is 4.99 Å². The van der Waals surface area contributed by atoms with E-state index in [9.17, 15) is 23.1 Å². The van der Waals surface area contributed by atoms with Gasteiger partial charge >= 0.3 is 6.11 Å². The number of anilines is 1. The number of hydrogen-bond acceptors (Lipinski definition) is 6. The number of alkyl halides is 3. The fourth-order valence-electron chi connectivity index (χ4n) is 3.77. The summed E-state index contributed by atoms with van der Waals surface area (Å²) in [7, 11) is 0. The van der Waals surface area contributed by atoms with Crippen molar-refractivity contribution in [1.82, 2.24) is 14.9 Å². The summed E-state index contributed by atoms with van der Waals surface area (Å²) in [5, 5.41) is 12.7. The normalized spacial score (nSPS) is 18.4. The molecule has 38 heavy (non-hydrogen) atoms. The lowest BCUT2D eigenvalue weighted by atomic mass is 10.1. The van der Waals surface area contributed by atoms with Crippen LogP contribution in [-0.4, -0.2) is 63.2 Å². The minimum atomic E-state index is -3.26. The number of aliphatic hydroxyl groups is 1. The number of carbonyl (C=O) groups excluding carboxylic acids is 1. The summed E-state index contributed by atoms with van der Waals surface area (Å²) < 4.78 is 45.6. The number of halogens is 3. The molecule has 2 heterocycles. The highest BCUT2D eigenvalue weighted by Crippen LogP contribution is 2.26. The molecule has 1 aromatic carbocycles. The number of nitrogens with one attached hydrogen (secondary N) is 1. The second-order valence-electron chi connectivity index (χ2n) is 8.89. The Morgan fingerprint density at radius 2 is 2.03 bits per heavy atom. The van der Waals surface area contributed by atoms with E-state index < -0.39 is 24.8 Å². The van der Waals surface area contributed by atoms with Gasteiger partial charge in [0.05, 0.1) is 18.4 Å². The molecule has 11 heteroatoms. The van der Waals surface area contributed by atoms with E-state index in [1.165, 1.54) is 49.8 Å². The second kappa shape index (κ2) is 13.2. The van der Waals surface area contributed by atoms with E-state index in [1.807, 2.05) is 6.92 Å². The van der Waals surface area contributed by atoms with Gasteiger partial charge in [-0.2, -0.15) is 8.78 Å². The Morgan fingerprint density at radius 1 is 1.29 bits per heavy atom. The summed E-state index contributed by atoms with van der Waals surface area (Å²) in [5.41, 5.74) is 2.01. The van der Waals surface area contributed by atoms with Gasteiger partial charge < -0.3 is 20.1 Å². The van der Waals surface area contributed by atoms with Gasteiger partial charge in [0.15, 0.2) is 0 Å². The van der Waals surface area contributed by atoms with E-state index in [0.29, 0.717) is 34.8 Å². The number of amidine groups is 1. The highest BCUT2D eigenvalue weighted by atomic mass is 19.3. The van der Waals surface area contributed by atoms with Gasteiger partial charge in [-0.1, -0.05) is 26.8 Å². The second-order valence-corrected chi connectivity index (χ2v) is 8.89. The van der Waals surface area contributed by atoms with Crippen LogP contribution in [0.5, 0.6) is 5.75 Å². The molecule has 0 bridgehead atoms. The zero-order chi connectivity index (χ0) is 27.7. The molecule has 3 rings (SSSR count). The number of rotatable bonds is 11. The number of carbonyl (C=O) groups is 1. The monoisotopic (exact) mass is 531 g/mol. The summed E-state index contributed by atoms with van der Waals surface area (Å²) in [6.45, 7) is 7.32. The molecule has 0 saturated carbocycles. The van der Waals surface area contributed by atoms with E-state index in [0.717, 1.165) is 6.42 Å². The predicted octanol–water partition coefficient (Wildman–Crippen LogP) is 5.00. The number of likely N-dealkylation sites (tertiary alicyclic amines) is 1. The average Bonchev–Trinajstić information content (AvgIpc) is 3.23. The van der Waals surface area contributed by atoms with Crippen LogP contribution in [0.4, 0.5) is 18.9 Å². The molecule has 2 aromatic rings. The molecule has 1 saturated heterocycles. The Labute approximate surface area is 220 Å². The molecule has 1 aliphatic rings. The first-order valence-corrected chi connectivity index (χ1v) is 12.4. The van der Waals surface area contributed by atoms with Crippen LogP contribution in [0.2, 0.25) is 0 Å². The van der Waals surface area contributed by atoms with Crippen LogP contribution in [0.15, 0.2) is 66.2 Å². The molecular weight excluding hydrogens is 499 g/mol. The van der Waals surface area contributed by atoms with Gasteiger partial charge in [0.2, 0.25) is 5.91 Å². The van der Waals surface area contributed by atoms with Crippen molar-refractivity contribution in [2.75, 3.05) is 18.4 Å². The van der Waals surface area contributed by atoms with Crippen LogP contribution in [0, 0.1) is 0 Å². The number of aromatic nitrogens is 2. The smallest absolute Gasteiger partial charge is 0.397 e. The van der Waals surface area contributed by atoms with Crippen molar-refractivity contribution >= 4 is 23.0 Å². The number of ether oxygens (including phenoxy) is 1. The summed E-state index contributed by atoms with van der Waals surface area (Å²) in [6, 6.07) is 5.68. The van der Waals surface area contributed by atoms with Gasteiger partial charge in [0.25, 0.3) is 0 Å². The van der Waals surface area contributed by atoms with Crippen molar-refractivity contribution in [2.45, 2.75) is 57.9 Å². The molecule has 1 aromatic heterocycles. The van der Waals surface area contributed by atoms with Gasteiger partial charge in [-0.15, -0.1) is 0 Å². The van der Waals surface area contributed by atoms with Crippen molar-refractivity contribution < 1.29 is 27.8 Å². The maximum Gasteiger partial charge on any atom is 0.397 e. The van der Waals surface area contributed by atoms with Gasteiger partial charge in [0.1, 0.15) is 23.9 Å². The number of hydrogen-bond donors (Lipinski definition) is 2. The molecule has 0 radical (unpaired) electrons. The van der Waals surface area contributed by atoms with Crippen LogP contribution >= 0.6 is 0 Å². The van der Waals surface area contributed by atoms with E-state index in [-0.39, 0.29) is 31.2 Å². The van der Waals surface area contributed by atoms with Crippen LogP contribution in [-0.2, 0) is 4.79 Å². The minimum Gasteiger partial charge on any atom is -0.433 e. The Kier molecular flexibility index (Phi) is 10.0. The maximum atomic E-state index is 14.1. The third-order valence-corrected chi connectivity index (χ3v) is 5.81. The molecule has 1 fully saturated rings. The zero-order valence-corrected chi connectivity index (χ0v) is 21.4. The standard InChI is InChI=1S/C27H32F3N5O3/c1-4-6-19(13-25(37)34-20-7-9-21(10-8-20)38-27(29,30)5-2)14-33-26(35-16-22(28)24(36)17-35)18(3)23-15-31-11-12-32-23/h7-12,14-15,22,24,36H,3-6,13,16-17H2,1-2H3,(H,34,37)/b19-14+,33-26?/t22-,24+/m0/s1. The lowest BCUT2D eigenvalue weighted by Crippen LogP contribution is -2.30. The van der Waals surface area contributed by atoms with Crippen LogP contribution < -0.4 is 10.1 Å². The molecular formula is C27H32F3N5O3. The molecule has 8 nitrogen and oxygen atoms in total. The van der Waals surface area contributed by atoms with E-state index in [2.05, 4.69) is 31.6 Å². The van der Waals surface area contributed by atoms with Gasteiger partial charge in [-0.25, -0.2) is 9.38 Å². The highest BCUT2D eigenvalue weighted by molar-refractivity contribution is 6.21. The molecule has 2 N–H and O–H groups in total. The Morgan fingerprint density at radius 3 is 2.61 bits per heavy atom. The summed E-state index contributed by atoms with van der Waals surface area (Å²) in [4.78, 5) is 27.1. The SMILES string of the molecule is C=C(C(=N/C=C(\CCC)CC(=O)Nc1ccc(OC(F)(F)CC)cc1)N1C[C@@H](O)[C@@H](F)C1)c1cnccn1.